The maximum absolute atomic E-state index is 12.4. The summed E-state index contributed by atoms with van der Waals surface area (Å²) in [6.07, 6.45) is 5.83. The highest BCUT2D eigenvalue weighted by atomic mass is 35.5. The van der Waals surface area contributed by atoms with Gasteiger partial charge >= 0.3 is 0 Å². The number of carbonyl (C=O) groups is 1. The molecule has 1 amide bonds. The van der Waals surface area contributed by atoms with Crippen molar-refractivity contribution >= 4 is 17.5 Å². The lowest BCUT2D eigenvalue weighted by molar-refractivity contribution is -0.121. The van der Waals surface area contributed by atoms with Gasteiger partial charge in [-0.3, -0.25) is 9.48 Å². The van der Waals surface area contributed by atoms with E-state index in [9.17, 15) is 4.79 Å². The van der Waals surface area contributed by atoms with Gasteiger partial charge in [-0.15, -0.1) is 0 Å². The van der Waals surface area contributed by atoms with Crippen molar-refractivity contribution in [1.29, 1.82) is 0 Å². The van der Waals surface area contributed by atoms with Crippen molar-refractivity contribution in [2.45, 2.75) is 19.0 Å². The molecule has 3 aromatic rings. The number of hydrogen-bond donors (Lipinski definition) is 1. The minimum absolute atomic E-state index is 0.0592. The fraction of sp³-hybridized carbons (Fsp3) is 0.235. The number of amides is 1. The fourth-order valence-corrected chi connectivity index (χ4v) is 2.65. The largest absolute Gasteiger partial charge is 0.349 e. The van der Waals surface area contributed by atoms with Crippen LogP contribution in [0.3, 0.4) is 0 Å². The maximum atomic E-state index is 12.4. The summed E-state index contributed by atoms with van der Waals surface area (Å²) in [6.45, 7) is 0.318. The number of benzene rings is 1. The summed E-state index contributed by atoms with van der Waals surface area (Å²) in [5, 5.41) is 7.70. The molecular formula is C17H18ClN5O. The highest BCUT2D eigenvalue weighted by Gasteiger charge is 2.17. The third-order valence-corrected chi connectivity index (χ3v) is 3.96. The van der Waals surface area contributed by atoms with Gasteiger partial charge in [0.15, 0.2) is 5.82 Å². The average molecular weight is 344 g/mol. The smallest absolute Gasteiger partial charge is 0.222 e. The predicted octanol–water partition coefficient (Wildman–Crippen LogP) is 2.57. The molecule has 0 fully saturated rings. The van der Waals surface area contributed by atoms with E-state index in [4.69, 9.17) is 11.6 Å². The molecule has 7 heteroatoms. The van der Waals surface area contributed by atoms with E-state index in [0.717, 1.165) is 5.56 Å². The van der Waals surface area contributed by atoms with Crippen LogP contribution in [-0.4, -0.2) is 25.2 Å². The van der Waals surface area contributed by atoms with Gasteiger partial charge in [-0.2, -0.15) is 5.10 Å². The summed E-state index contributed by atoms with van der Waals surface area (Å²) in [5.41, 5.74) is 1.03. The molecule has 1 aromatic carbocycles. The van der Waals surface area contributed by atoms with Crippen LogP contribution >= 0.6 is 11.6 Å². The predicted molar refractivity (Wildman–Crippen MR) is 91.5 cm³/mol. The fourth-order valence-electron chi connectivity index (χ4n) is 2.53. The molecule has 2 aromatic heterocycles. The van der Waals surface area contributed by atoms with Gasteiger partial charge in [-0.05, 0) is 29.8 Å². The minimum atomic E-state index is -0.0889. The van der Waals surface area contributed by atoms with E-state index in [0.29, 0.717) is 23.8 Å². The zero-order chi connectivity index (χ0) is 16.9. The van der Waals surface area contributed by atoms with Crippen molar-refractivity contribution in [3.63, 3.8) is 0 Å². The molecule has 1 N–H and O–H groups in total. The number of rotatable bonds is 6. The Balaban J connectivity index is 1.69. The van der Waals surface area contributed by atoms with Crippen molar-refractivity contribution < 1.29 is 4.79 Å². The van der Waals surface area contributed by atoms with Crippen LogP contribution in [0.25, 0.3) is 0 Å². The number of halogens is 1. The Bertz CT molecular complexity index is 795. The van der Waals surface area contributed by atoms with Crippen molar-refractivity contribution in [3.8, 4) is 0 Å². The highest BCUT2D eigenvalue weighted by Crippen LogP contribution is 2.24. The van der Waals surface area contributed by atoms with Crippen LogP contribution in [0, 0.1) is 0 Å². The van der Waals surface area contributed by atoms with Crippen LogP contribution in [0.2, 0.25) is 5.02 Å². The third kappa shape index (κ3) is 4.02. The summed E-state index contributed by atoms with van der Waals surface area (Å²) in [6, 6.07) is 11.4. The molecule has 0 bridgehead atoms. The van der Waals surface area contributed by atoms with Crippen LogP contribution < -0.4 is 5.32 Å². The van der Waals surface area contributed by atoms with Gasteiger partial charge < -0.3 is 9.88 Å². The number of aryl methyl sites for hydroxylation is 1. The Morgan fingerprint density at radius 2 is 1.96 bits per heavy atom. The third-order valence-electron chi connectivity index (χ3n) is 3.71. The molecule has 1 unspecified atom stereocenters. The molecule has 0 saturated heterocycles. The first-order chi connectivity index (χ1) is 11.6. The van der Waals surface area contributed by atoms with Gasteiger partial charge in [-0.25, -0.2) is 4.98 Å². The van der Waals surface area contributed by atoms with Crippen molar-refractivity contribution in [2.75, 3.05) is 0 Å². The van der Waals surface area contributed by atoms with Crippen molar-refractivity contribution in [1.82, 2.24) is 24.6 Å². The zero-order valence-electron chi connectivity index (χ0n) is 13.3. The summed E-state index contributed by atoms with van der Waals surface area (Å²) in [7, 11) is 1.79. The van der Waals surface area contributed by atoms with Crippen LogP contribution in [0.1, 0.15) is 23.9 Å². The van der Waals surface area contributed by atoms with E-state index >= 15 is 0 Å². The van der Waals surface area contributed by atoms with Gasteiger partial charge in [0, 0.05) is 24.5 Å². The van der Waals surface area contributed by atoms with Gasteiger partial charge in [0.05, 0.1) is 19.0 Å². The lowest BCUT2D eigenvalue weighted by atomic mass is 10.0. The topological polar surface area (TPSA) is 64.7 Å². The highest BCUT2D eigenvalue weighted by molar-refractivity contribution is 6.30. The molecule has 1 atom stereocenters. The quantitative estimate of drug-likeness (QED) is 0.748. The Kier molecular flexibility index (Phi) is 4.96. The Labute approximate surface area is 145 Å². The van der Waals surface area contributed by atoms with E-state index in [1.165, 1.54) is 0 Å². The second kappa shape index (κ2) is 7.31. The number of carbonyl (C=O) groups excluding carboxylic acids is 1. The SMILES string of the molecule is Cn1cnc(CNC(=O)CC(c2ccc(Cl)cc2)n2cccc2)n1. The Morgan fingerprint density at radius 3 is 2.58 bits per heavy atom. The van der Waals surface area contributed by atoms with Crippen LogP contribution in [0.15, 0.2) is 55.1 Å². The standard InChI is InChI=1S/C17H18ClN5O/c1-22-12-20-16(21-22)11-19-17(24)10-15(23-8-2-3-9-23)13-4-6-14(18)7-5-13/h2-9,12,15H,10-11H2,1H3,(H,19,24). The number of nitrogens with one attached hydrogen (secondary N) is 1. The van der Waals surface area contributed by atoms with E-state index in [2.05, 4.69) is 15.4 Å². The van der Waals surface area contributed by atoms with Crippen molar-refractivity contribution in [2.24, 2.45) is 7.05 Å². The molecule has 24 heavy (non-hydrogen) atoms. The minimum Gasteiger partial charge on any atom is -0.349 e. The van der Waals surface area contributed by atoms with Crippen LogP contribution in [-0.2, 0) is 18.4 Å². The van der Waals surface area contributed by atoms with Gasteiger partial charge in [0.1, 0.15) is 6.33 Å². The van der Waals surface area contributed by atoms with E-state index < -0.39 is 0 Å². The monoisotopic (exact) mass is 343 g/mol. The lowest BCUT2D eigenvalue weighted by Crippen LogP contribution is -2.27. The van der Waals surface area contributed by atoms with Crippen LogP contribution in [0.5, 0.6) is 0 Å². The van der Waals surface area contributed by atoms with Gasteiger partial charge in [0.2, 0.25) is 5.91 Å². The van der Waals surface area contributed by atoms with Crippen LogP contribution in [0.4, 0.5) is 0 Å². The Morgan fingerprint density at radius 1 is 1.25 bits per heavy atom. The summed E-state index contributed by atoms with van der Waals surface area (Å²) in [5.74, 6) is 0.533. The molecular weight excluding hydrogens is 326 g/mol. The van der Waals surface area contributed by atoms with Crippen molar-refractivity contribution in [3.05, 3.63) is 71.5 Å². The summed E-state index contributed by atoms with van der Waals surface area (Å²) in [4.78, 5) is 16.5. The van der Waals surface area contributed by atoms with Gasteiger partial charge in [-0.1, -0.05) is 23.7 Å². The summed E-state index contributed by atoms with van der Waals surface area (Å²) >= 11 is 5.96. The molecule has 124 valence electrons. The van der Waals surface area contributed by atoms with E-state index in [1.807, 2.05) is 53.4 Å². The second-order valence-corrected chi connectivity index (χ2v) is 5.95. The Hall–Kier alpha value is -2.60. The number of hydrogen-bond acceptors (Lipinski definition) is 3. The zero-order valence-corrected chi connectivity index (χ0v) is 14.0. The van der Waals surface area contributed by atoms with E-state index in [-0.39, 0.29) is 11.9 Å². The molecule has 0 aliphatic rings. The molecule has 2 heterocycles. The number of nitrogens with zero attached hydrogens (tertiary/aromatic N) is 4. The normalized spacial score (nSPS) is 12.1. The molecule has 6 nitrogen and oxygen atoms in total. The van der Waals surface area contributed by atoms with Gasteiger partial charge in [0.25, 0.3) is 0 Å². The first kappa shape index (κ1) is 16.3. The molecule has 0 saturated carbocycles. The second-order valence-electron chi connectivity index (χ2n) is 5.51. The maximum Gasteiger partial charge on any atom is 0.222 e. The summed E-state index contributed by atoms with van der Waals surface area (Å²) < 4.78 is 3.62. The molecule has 0 radical (unpaired) electrons. The molecule has 0 aliphatic carbocycles. The number of aromatic nitrogens is 4. The molecule has 0 aliphatic heterocycles. The first-order valence-electron chi connectivity index (χ1n) is 7.61. The molecule has 0 spiro atoms. The molecule has 3 rings (SSSR count). The average Bonchev–Trinajstić information content (AvgIpc) is 3.23. The first-order valence-corrected chi connectivity index (χ1v) is 7.99. The lowest BCUT2D eigenvalue weighted by Gasteiger charge is -2.19. The van der Waals surface area contributed by atoms with E-state index in [1.54, 1.807) is 18.1 Å².